The number of nitrogens with zero attached hydrogens (tertiary/aromatic N) is 1. The SMILES string of the molecule is COc1cc(CO)c([N+](=O)[O-])cc1OCc1cc(Br)cs1. The van der Waals surface area contributed by atoms with Crippen molar-refractivity contribution in [1.82, 2.24) is 0 Å². The lowest BCUT2D eigenvalue weighted by molar-refractivity contribution is -0.386. The van der Waals surface area contributed by atoms with Crippen LogP contribution in [0.4, 0.5) is 5.69 Å². The maximum absolute atomic E-state index is 11.0. The summed E-state index contributed by atoms with van der Waals surface area (Å²) in [7, 11) is 1.44. The molecule has 2 rings (SSSR count). The van der Waals surface area contributed by atoms with Crippen LogP contribution in [0.3, 0.4) is 0 Å². The number of aliphatic hydroxyl groups is 1. The fourth-order valence-electron chi connectivity index (χ4n) is 1.74. The van der Waals surface area contributed by atoms with Crippen molar-refractivity contribution in [2.24, 2.45) is 0 Å². The van der Waals surface area contributed by atoms with Crippen LogP contribution in [0.25, 0.3) is 0 Å². The molecule has 0 aliphatic rings. The van der Waals surface area contributed by atoms with Gasteiger partial charge in [0.05, 0.1) is 30.3 Å². The van der Waals surface area contributed by atoms with Gasteiger partial charge in [0.2, 0.25) is 0 Å². The zero-order valence-corrected chi connectivity index (χ0v) is 13.4. The Bertz CT molecular complexity index is 658. The smallest absolute Gasteiger partial charge is 0.278 e. The Balaban J connectivity index is 2.28. The second kappa shape index (κ2) is 6.88. The molecule has 1 aromatic heterocycles. The summed E-state index contributed by atoms with van der Waals surface area (Å²) in [6, 6.07) is 4.60. The third kappa shape index (κ3) is 3.72. The van der Waals surface area contributed by atoms with Crippen molar-refractivity contribution in [2.75, 3.05) is 7.11 Å². The number of halogens is 1. The Kier molecular flexibility index (Phi) is 5.16. The van der Waals surface area contributed by atoms with E-state index >= 15 is 0 Å². The fraction of sp³-hybridized carbons (Fsp3) is 0.231. The minimum Gasteiger partial charge on any atom is -0.493 e. The van der Waals surface area contributed by atoms with Crippen LogP contribution >= 0.6 is 27.3 Å². The molecule has 0 unspecified atom stereocenters. The highest BCUT2D eigenvalue weighted by Gasteiger charge is 2.19. The summed E-state index contributed by atoms with van der Waals surface area (Å²) < 4.78 is 11.7. The topological polar surface area (TPSA) is 81.8 Å². The molecule has 6 nitrogen and oxygen atoms in total. The van der Waals surface area contributed by atoms with Crippen molar-refractivity contribution >= 4 is 33.0 Å². The van der Waals surface area contributed by atoms with E-state index in [2.05, 4.69) is 15.9 Å². The van der Waals surface area contributed by atoms with E-state index in [1.54, 1.807) is 0 Å². The molecule has 1 heterocycles. The molecule has 0 spiro atoms. The monoisotopic (exact) mass is 373 g/mol. The number of nitro groups is 1. The Morgan fingerprint density at radius 2 is 2.14 bits per heavy atom. The molecule has 1 aromatic carbocycles. The largest absolute Gasteiger partial charge is 0.493 e. The van der Waals surface area contributed by atoms with Gasteiger partial charge in [0, 0.05) is 14.7 Å². The molecule has 0 amide bonds. The van der Waals surface area contributed by atoms with Crippen molar-refractivity contribution < 1.29 is 19.5 Å². The van der Waals surface area contributed by atoms with Crippen LogP contribution in [0, 0.1) is 10.1 Å². The van der Waals surface area contributed by atoms with Crippen LogP contribution in [0.5, 0.6) is 11.5 Å². The highest BCUT2D eigenvalue weighted by Crippen LogP contribution is 2.35. The van der Waals surface area contributed by atoms with Gasteiger partial charge in [-0.3, -0.25) is 10.1 Å². The van der Waals surface area contributed by atoms with Crippen molar-refractivity contribution in [3.63, 3.8) is 0 Å². The average molecular weight is 374 g/mol. The third-order valence-corrected chi connectivity index (χ3v) is 4.39. The average Bonchev–Trinajstić information content (AvgIpc) is 2.89. The Hall–Kier alpha value is -1.64. The van der Waals surface area contributed by atoms with Gasteiger partial charge in [0.15, 0.2) is 11.5 Å². The molecule has 0 bridgehead atoms. The number of hydrogen-bond donors (Lipinski definition) is 1. The van der Waals surface area contributed by atoms with Crippen LogP contribution in [0.15, 0.2) is 28.1 Å². The Morgan fingerprint density at radius 3 is 2.67 bits per heavy atom. The second-order valence-corrected chi connectivity index (χ2v) is 5.98. The third-order valence-electron chi connectivity index (χ3n) is 2.72. The van der Waals surface area contributed by atoms with Gasteiger partial charge in [-0.25, -0.2) is 0 Å². The van der Waals surface area contributed by atoms with Gasteiger partial charge in [-0.1, -0.05) is 0 Å². The minimum atomic E-state index is -0.556. The number of hydrogen-bond acceptors (Lipinski definition) is 6. The van der Waals surface area contributed by atoms with E-state index in [-0.39, 0.29) is 23.6 Å². The lowest BCUT2D eigenvalue weighted by Crippen LogP contribution is -2.01. The van der Waals surface area contributed by atoms with E-state index in [1.807, 2.05) is 11.4 Å². The first-order chi connectivity index (χ1) is 10.0. The molecule has 0 fully saturated rings. The summed E-state index contributed by atoms with van der Waals surface area (Å²) in [5.74, 6) is 0.617. The van der Waals surface area contributed by atoms with Gasteiger partial charge in [0.25, 0.3) is 5.69 Å². The predicted molar refractivity (Wildman–Crippen MR) is 81.9 cm³/mol. The van der Waals surface area contributed by atoms with Gasteiger partial charge < -0.3 is 14.6 Å². The maximum atomic E-state index is 11.0. The predicted octanol–water partition coefficient (Wildman–Crippen LogP) is 3.50. The van der Waals surface area contributed by atoms with Gasteiger partial charge >= 0.3 is 0 Å². The summed E-state index contributed by atoms with van der Waals surface area (Å²) in [4.78, 5) is 11.4. The standard InChI is InChI=1S/C13H12BrNO5S/c1-19-12-2-8(5-16)11(15(17)18)4-13(12)20-6-10-3-9(14)7-21-10/h2-4,7,16H,5-6H2,1H3. The van der Waals surface area contributed by atoms with Crippen molar-refractivity contribution in [3.05, 3.63) is 48.6 Å². The van der Waals surface area contributed by atoms with E-state index in [9.17, 15) is 15.2 Å². The maximum Gasteiger partial charge on any atom is 0.278 e. The van der Waals surface area contributed by atoms with Crippen LogP contribution in [-0.4, -0.2) is 17.1 Å². The zero-order chi connectivity index (χ0) is 15.4. The molecule has 8 heteroatoms. The van der Waals surface area contributed by atoms with E-state index < -0.39 is 11.5 Å². The quantitative estimate of drug-likeness (QED) is 0.618. The van der Waals surface area contributed by atoms with E-state index in [0.29, 0.717) is 5.75 Å². The minimum absolute atomic E-state index is 0.183. The van der Waals surface area contributed by atoms with Crippen LogP contribution in [0.1, 0.15) is 10.4 Å². The molecule has 0 atom stereocenters. The summed E-state index contributed by atoms with van der Waals surface area (Å²) in [6.07, 6.45) is 0. The highest BCUT2D eigenvalue weighted by molar-refractivity contribution is 9.10. The van der Waals surface area contributed by atoms with Gasteiger partial charge in [-0.15, -0.1) is 11.3 Å². The van der Waals surface area contributed by atoms with Gasteiger partial charge in [0.1, 0.15) is 6.61 Å². The van der Waals surface area contributed by atoms with Crippen LogP contribution < -0.4 is 9.47 Å². The lowest BCUT2D eigenvalue weighted by Gasteiger charge is -2.11. The first-order valence-corrected chi connectivity index (χ1v) is 7.54. The molecular formula is C13H12BrNO5S. The van der Waals surface area contributed by atoms with Crippen molar-refractivity contribution in [3.8, 4) is 11.5 Å². The zero-order valence-electron chi connectivity index (χ0n) is 11.0. The normalized spacial score (nSPS) is 10.4. The summed E-state index contributed by atoms with van der Waals surface area (Å²) >= 11 is 4.86. The Labute approximate surface area is 133 Å². The van der Waals surface area contributed by atoms with Crippen molar-refractivity contribution in [1.29, 1.82) is 0 Å². The number of methoxy groups -OCH3 is 1. The lowest BCUT2D eigenvalue weighted by atomic mass is 10.1. The second-order valence-electron chi connectivity index (χ2n) is 4.07. The molecule has 112 valence electrons. The molecular weight excluding hydrogens is 362 g/mol. The molecule has 2 aromatic rings. The number of aliphatic hydroxyl groups excluding tert-OH is 1. The van der Waals surface area contributed by atoms with E-state index in [1.165, 1.54) is 30.6 Å². The first-order valence-electron chi connectivity index (χ1n) is 5.87. The first kappa shape index (κ1) is 15.7. The summed E-state index contributed by atoms with van der Waals surface area (Å²) in [5, 5.41) is 22.1. The molecule has 1 N–H and O–H groups in total. The number of benzene rings is 1. The molecule has 0 saturated heterocycles. The molecule has 0 aliphatic heterocycles. The highest BCUT2D eigenvalue weighted by atomic mass is 79.9. The summed E-state index contributed by atoms with van der Waals surface area (Å²) in [5.41, 5.74) is -0.0104. The van der Waals surface area contributed by atoms with Crippen molar-refractivity contribution in [2.45, 2.75) is 13.2 Å². The van der Waals surface area contributed by atoms with E-state index in [4.69, 9.17) is 9.47 Å². The number of thiophene rings is 1. The molecule has 0 saturated carbocycles. The Morgan fingerprint density at radius 1 is 1.38 bits per heavy atom. The fourth-order valence-corrected chi connectivity index (χ4v) is 3.10. The molecule has 21 heavy (non-hydrogen) atoms. The number of nitro benzene ring substituents is 1. The van der Waals surface area contributed by atoms with Crippen LogP contribution in [0.2, 0.25) is 0 Å². The van der Waals surface area contributed by atoms with E-state index in [0.717, 1.165) is 9.35 Å². The molecule has 0 radical (unpaired) electrons. The van der Waals surface area contributed by atoms with Gasteiger partial charge in [-0.2, -0.15) is 0 Å². The number of rotatable bonds is 6. The molecule has 0 aliphatic carbocycles. The summed E-state index contributed by atoms with van der Waals surface area (Å²) in [6.45, 7) is -0.160. The van der Waals surface area contributed by atoms with Crippen LogP contribution in [-0.2, 0) is 13.2 Å². The number of ether oxygens (including phenoxy) is 2. The van der Waals surface area contributed by atoms with Gasteiger partial charge in [-0.05, 0) is 28.1 Å².